The lowest BCUT2D eigenvalue weighted by atomic mass is 10.0. The molecule has 35 heavy (non-hydrogen) atoms. The first-order valence-electron chi connectivity index (χ1n) is 11.7. The fourth-order valence-corrected chi connectivity index (χ4v) is 4.39. The maximum absolute atomic E-state index is 15.0. The van der Waals surface area contributed by atoms with Crippen molar-refractivity contribution in [3.05, 3.63) is 58.4 Å². The second-order valence-corrected chi connectivity index (χ2v) is 8.81. The maximum Gasteiger partial charge on any atom is 0.436 e. The van der Waals surface area contributed by atoms with Crippen molar-refractivity contribution in [2.45, 2.75) is 71.0 Å². The third kappa shape index (κ3) is 4.82. The molecule has 190 valence electrons. The summed E-state index contributed by atoms with van der Waals surface area (Å²) in [5, 5.41) is 0. The molecule has 1 atom stereocenters. The van der Waals surface area contributed by atoms with Crippen LogP contribution in [0.4, 0.5) is 26.3 Å². The molecule has 2 aromatic rings. The molecule has 3 nitrogen and oxygen atoms in total. The number of allylic oxidation sites excluding steroid dienone is 1. The zero-order chi connectivity index (χ0) is 25.3. The molecule has 4 rings (SSSR count). The summed E-state index contributed by atoms with van der Waals surface area (Å²) in [6.45, 7) is 3.94. The standard InChI is InChI=1S/C26H26F6O3/c1-3-5-6-14-7-8-19(34-13-14)26(31,32)35-18-12-16-10-15-11-17(33-9-4-2)22(27)24(29)20(15)21(16)25(30)23(18)28/h11-13,19H,3-10H2,1-2H3. The Balaban J connectivity index is 1.60. The molecule has 2 aromatic carbocycles. The van der Waals surface area contributed by atoms with E-state index in [1.807, 2.05) is 6.92 Å². The van der Waals surface area contributed by atoms with Gasteiger partial charge in [0.2, 0.25) is 17.7 Å². The van der Waals surface area contributed by atoms with Crippen LogP contribution in [-0.4, -0.2) is 18.8 Å². The van der Waals surface area contributed by atoms with Crippen LogP contribution >= 0.6 is 0 Å². The number of hydrogen-bond acceptors (Lipinski definition) is 3. The Hall–Kier alpha value is -2.84. The predicted molar refractivity (Wildman–Crippen MR) is 118 cm³/mol. The van der Waals surface area contributed by atoms with Crippen molar-refractivity contribution in [1.29, 1.82) is 0 Å². The molecular weight excluding hydrogens is 474 g/mol. The van der Waals surface area contributed by atoms with Gasteiger partial charge in [0.1, 0.15) is 0 Å². The van der Waals surface area contributed by atoms with Crippen LogP contribution in [0.25, 0.3) is 11.1 Å². The lowest BCUT2D eigenvalue weighted by Gasteiger charge is -2.30. The Bertz CT molecular complexity index is 1140. The van der Waals surface area contributed by atoms with E-state index in [2.05, 4.69) is 4.74 Å². The highest BCUT2D eigenvalue weighted by molar-refractivity contribution is 5.79. The third-order valence-corrected chi connectivity index (χ3v) is 6.20. The first kappa shape index (κ1) is 25.3. The van der Waals surface area contributed by atoms with Crippen molar-refractivity contribution in [3.63, 3.8) is 0 Å². The topological polar surface area (TPSA) is 27.7 Å². The average Bonchev–Trinajstić information content (AvgIpc) is 3.20. The lowest BCUT2D eigenvalue weighted by Crippen LogP contribution is -2.41. The van der Waals surface area contributed by atoms with Gasteiger partial charge in [-0.3, -0.25) is 0 Å². The minimum Gasteiger partial charge on any atom is -0.490 e. The normalized spacial score (nSPS) is 16.9. The molecule has 0 saturated carbocycles. The minimum absolute atomic E-state index is 0.00181. The molecule has 1 aliphatic heterocycles. The van der Waals surface area contributed by atoms with Crippen LogP contribution < -0.4 is 9.47 Å². The molecular formula is C26H26F6O3. The molecule has 1 heterocycles. The van der Waals surface area contributed by atoms with Gasteiger partial charge in [0.25, 0.3) is 0 Å². The average molecular weight is 500 g/mol. The third-order valence-electron chi connectivity index (χ3n) is 6.20. The second kappa shape index (κ2) is 10.0. The molecule has 0 amide bonds. The molecule has 0 N–H and O–H groups in total. The number of halogens is 6. The fraction of sp³-hybridized carbons (Fsp3) is 0.462. The molecule has 0 radical (unpaired) electrons. The quantitative estimate of drug-likeness (QED) is 0.280. The molecule has 0 bridgehead atoms. The van der Waals surface area contributed by atoms with E-state index in [0.29, 0.717) is 12.8 Å². The highest BCUT2D eigenvalue weighted by atomic mass is 19.3. The van der Waals surface area contributed by atoms with Gasteiger partial charge in [-0.05, 0) is 67.4 Å². The van der Waals surface area contributed by atoms with Gasteiger partial charge < -0.3 is 14.2 Å². The monoisotopic (exact) mass is 500 g/mol. The summed E-state index contributed by atoms with van der Waals surface area (Å²) < 4.78 is 104. The van der Waals surface area contributed by atoms with E-state index in [9.17, 15) is 26.3 Å². The molecule has 0 spiro atoms. The Kier molecular flexibility index (Phi) is 7.24. The number of fused-ring (bicyclic) bond motifs is 3. The summed E-state index contributed by atoms with van der Waals surface area (Å²) in [5.74, 6) is -7.37. The zero-order valence-electron chi connectivity index (χ0n) is 19.5. The predicted octanol–water partition coefficient (Wildman–Crippen LogP) is 7.83. The second-order valence-electron chi connectivity index (χ2n) is 8.81. The Morgan fingerprint density at radius 1 is 0.914 bits per heavy atom. The first-order valence-corrected chi connectivity index (χ1v) is 11.7. The van der Waals surface area contributed by atoms with Crippen molar-refractivity contribution >= 4 is 0 Å². The van der Waals surface area contributed by atoms with Gasteiger partial charge in [0.15, 0.2) is 23.1 Å². The van der Waals surface area contributed by atoms with E-state index in [1.54, 1.807) is 6.92 Å². The number of unbranched alkanes of at least 4 members (excludes halogenated alkanes) is 1. The number of ether oxygens (including phenoxy) is 3. The van der Waals surface area contributed by atoms with Crippen LogP contribution in [-0.2, 0) is 11.2 Å². The van der Waals surface area contributed by atoms with Gasteiger partial charge in [-0.2, -0.15) is 17.6 Å². The van der Waals surface area contributed by atoms with Crippen LogP contribution in [0.1, 0.15) is 63.5 Å². The van der Waals surface area contributed by atoms with Crippen molar-refractivity contribution < 1.29 is 40.6 Å². The van der Waals surface area contributed by atoms with Crippen LogP contribution in [0, 0.1) is 23.3 Å². The first-order chi connectivity index (χ1) is 16.7. The van der Waals surface area contributed by atoms with Gasteiger partial charge in [-0.15, -0.1) is 0 Å². The summed E-state index contributed by atoms with van der Waals surface area (Å²) in [6, 6.07) is 2.12. The van der Waals surface area contributed by atoms with Crippen molar-refractivity contribution in [2.24, 2.45) is 0 Å². The zero-order valence-corrected chi connectivity index (χ0v) is 19.5. The van der Waals surface area contributed by atoms with Crippen LogP contribution in [0.5, 0.6) is 11.5 Å². The summed E-state index contributed by atoms with van der Waals surface area (Å²) in [6.07, 6.45) is -0.982. The highest BCUT2D eigenvalue weighted by Crippen LogP contribution is 2.46. The van der Waals surface area contributed by atoms with Gasteiger partial charge in [0.05, 0.1) is 12.9 Å². The molecule has 0 fully saturated rings. The van der Waals surface area contributed by atoms with Crippen LogP contribution in [0.15, 0.2) is 24.0 Å². The lowest BCUT2D eigenvalue weighted by molar-refractivity contribution is -0.245. The Morgan fingerprint density at radius 3 is 2.11 bits per heavy atom. The summed E-state index contributed by atoms with van der Waals surface area (Å²) in [7, 11) is 0. The SMILES string of the molecule is CCCCC1=COC(C(F)(F)Oc2cc3c(c(F)c2F)-c2c(cc(OCCC)c(F)c2F)C3)CC1. The van der Waals surface area contributed by atoms with E-state index in [1.165, 1.54) is 12.3 Å². The van der Waals surface area contributed by atoms with E-state index >= 15 is 0 Å². The molecule has 9 heteroatoms. The van der Waals surface area contributed by atoms with Gasteiger partial charge in [-0.25, -0.2) is 8.78 Å². The molecule has 1 unspecified atom stereocenters. The molecule has 0 aromatic heterocycles. The number of alkyl halides is 2. The minimum atomic E-state index is -3.95. The van der Waals surface area contributed by atoms with Gasteiger partial charge in [-0.1, -0.05) is 20.3 Å². The van der Waals surface area contributed by atoms with E-state index in [-0.39, 0.29) is 36.3 Å². The summed E-state index contributed by atoms with van der Waals surface area (Å²) in [5.41, 5.74) is 0.109. The van der Waals surface area contributed by atoms with Crippen LogP contribution in [0.3, 0.4) is 0 Å². The van der Waals surface area contributed by atoms with Crippen LogP contribution in [0.2, 0.25) is 0 Å². The van der Waals surface area contributed by atoms with Crippen molar-refractivity contribution in [2.75, 3.05) is 6.61 Å². The summed E-state index contributed by atoms with van der Waals surface area (Å²) in [4.78, 5) is 0. The number of hydrogen-bond donors (Lipinski definition) is 0. The van der Waals surface area contributed by atoms with E-state index < -0.39 is 52.4 Å². The summed E-state index contributed by atoms with van der Waals surface area (Å²) >= 11 is 0. The Morgan fingerprint density at radius 2 is 1.54 bits per heavy atom. The Labute approximate surface area is 199 Å². The largest absolute Gasteiger partial charge is 0.490 e. The van der Waals surface area contributed by atoms with E-state index in [0.717, 1.165) is 30.9 Å². The molecule has 0 saturated heterocycles. The smallest absolute Gasteiger partial charge is 0.436 e. The molecule has 1 aliphatic carbocycles. The maximum atomic E-state index is 15.0. The van der Waals surface area contributed by atoms with Gasteiger partial charge in [0, 0.05) is 11.1 Å². The fourth-order valence-electron chi connectivity index (χ4n) is 4.39. The highest BCUT2D eigenvalue weighted by Gasteiger charge is 2.46. The van der Waals surface area contributed by atoms with Crippen molar-refractivity contribution in [3.8, 4) is 22.6 Å². The number of rotatable bonds is 9. The van der Waals surface area contributed by atoms with E-state index in [4.69, 9.17) is 9.47 Å². The van der Waals surface area contributed by atoms with Gasteiger partial charge >= 0.3 is 6.11 Å². The number of benzene rings is 2. The van der Waals surface area contributed by atoms with Crippen molar-refractivity contribution in [1.82, 2.24) is 0 Å². The molecule has 2 aliphatic rings.